The first-order chi connectivity index (χ1) is 9.40. The zero-order valence-electron chi connectivity index (χ0n) is 10.1. The largest absolute Gasteiger partial charge is 0.439 e. The van der Waals surface area contributed by atoms with Crippen molar-refractivity contribution in [3.63, 3.8) is 0 Å². The van der Waals surface area contributed by atoms with Gasteiger partial charge in [0, 0.05) is 30.4 Å². The summed E-state index contributed by atoms with van der Waals surface area (Å²) in [7, 11) is 0. The fourth-order valence-electron chi connectivity index (χ4n) is 1.49. The maximum atomic E-state index is 13.4. The predicted molar refractivity (Wildman–Crippen MR) is 63.6 cm³/mol. The van der Waals surface area contributed by atoms with Gasteiger partial charge in [-0.1, -0.05) is 6.07 Å². The smallest absolute Gasteiger partial charge is 0.417 e. The number of hydrogen-bond donors (Lipinski definition) is 1. The summed E-state index contributed by atoms with van der Waals surface area (Å²) in [5.74, 6) is -0.471. The number of nitrogens with zero attached hydrogens (tertiary/aromatic N) is 1. The fraction of sp³-hybridized carbons (Fsp3) is 0.154. The van der Waals surface area contributed by atoms with Gasteiger partial charge in [0.25, 0.3) is 0 Å². The van der Waals surface area contributed by atoms with E-state index in [1.165, 1.54) is 12.1 Å². The highest BCUT2D eigenvalue weighted by Gasteiger charge is 2.30. The SMILES string of the molecule is NCc1ccc(Oc2ccc(C(F)(F)F)cn2)cc1F. The van der Waals surface area contributed by atoms with Gasteiger partial charge in [0.05, 0.1) is 5.56 Å². The highest BCUT2D eigenvalue weighted by molar-refractivity contribution is 5.32. The first-order valence-corrected chi connectivity index (χ1v) is 5.60. The molecule has 0 fully saturated rings. The zero-order valence-corrected chi connectivity index (χ0v) is 10.1. The van der Waals surface area contributed by atoms with Gasteiger partial charge in [0.2, 0.25) is 5.88 Å². The van der Waals surface area contributed by atoms with Crippen LogP contribution in [0.1, 0.15) is 11.1 Å². The van der Waals surface area contributed by atoms with Crippen molar-refractivity contribution < 1.29 is 22.3 Å². The molecule has 0 unspecified atom stereocenters. The summed E-state index contributed by atoms with van der Waals surface area (Å²) in [6, 6.07) is 5.91. The van der Waals surface area contributed by atoms with Crippen LogP contribution in [0.2, 0.25) is 0 Å². The van der Waals surface area contributed by atoms with Crippen LogP contribution in [0, 0.1) is 5.82 Å². The Labute approximate surface area is 112 Å². The van der Waals surface area contributed by atoms with Crippen molar-refractivity contribution in [2.75, 3.05) is 0 Å². The Morgan fingerprint density at radius 1 is 1.15 bits per heavy atom. The van der Waals surface area contributed by atoms with E-state index in [2.05, 4.69) is 4.98 Å². The molecular weight excluding hydrogens is 276 g/mol. The lowest BCUT2D eigenvalue weighted by Gasteiger charge is -2.08. The van der Waals surface area contributed by atoms with E-state index in [9.17, 15) is 17.6 Å². The second-order valence-electron chi connectivity index (χ2n) is 3.94. The van der Waals surface area contributed by atoms with Crippen LogP contribution in [0.15, 0.2) is 36.5 Å². The monoisotopic (exact) mass is 286 g/mol. The molecule has 0 atom stereocenters. The van der Waals surface area contributed by atoms with Gasteiger partial charge in [-0.05, 0) is 12.1 Å². The predicted octanol–water partition coefficient (Wildman–Crippen LogP) is 3.49. The highest BCUT2D eigenvalue weighted by atomic mass is 19.4. The Bertz CT molecular complexity index is 596. The molecule has 1 heterocycles. The molecule has 0 saturated heterocycles. The molecule has 2 N–H and O–H groups in total. The van der Waals surface area contributed by atoms with Crippen LogP contribution in [0.3, 0.4) is 0 Å². The maximum Gasteiger partial charge on any atom is 0.417 e. The molecule has 2 rings (SSSR count). The quantitative estimate of drug-likeness (QED) is 0.879. The molecule has 0 spiro atoms. The minimum atomic E-state index is -4.46. The first kappa shape index (κ1) is 14.3. The van der Waals surface area contributed by atoms with Crippen LogP contribution in [0.25, 0.3) is 0 Å². The highest BCUT2D eigenvalue weighted by Crippen LogP contribution is 2.30. The van der Waals surface area contributed by atoms with E-state index in [-0.39, 0.29) is 18.2 Å². The Hall–Kier alpha value is -2.15. The van der Waals surface area contributed by atoms with Gasteiger partial charge >= 0.3 is 6.18 Å². The van der Waals surface area contributed by atoms with E-state index in [1.807, 2.05) is 0 Å². The van der Waals surface area contributed by atoms with E-state index in [1.54, 1.807) is 0 Å². The van der Waals surface area contributed by atoms with Gasteiger partial charge in [-0.2, -0.15) is 13.2 Å². The number of aromatic nitrogens is 1. The van der Waals surface area contributed by atoms with Crippen molar-refractivity contribution in [1.29, 1.82) is 0 Å². The number of nitrogens with two attached hydrogens (primary N) is 1. The van der Waals surface area contributed by atoms with E-state index in [4.69, 9.17) is 10.5 Å². The lowest BCUT2D eigenvalue weighted by molar-refractivity contribution is -0.137. The standard InChI is InChI=1S/C13H10F4N2O/c14-11-5-10(3-1-8(11)6-18)20-12-4-2-9(7-19-12)13(15,16)17/h1-5,7H,6,18H2. The van der Waals surface area contributed by atoms with Crippen molar-refractivity contribution in [3.8, 4) is 11.6 Å². The lowest BCUT2D eigenvalue weighted by atomic mass is 10.2. The minimum absolute atomic E-state index is 0.0463. The lowest BCUT2D eigenvalue weighted by Crippen LogP contribution is -2.05. The Balaban J connectivity index is 2.16. The third-order valence-electron chi connectivity index (χ3n) is 2.53. The summed E-state index contributed by atoms with van der Waals surface area (Å²) in [4.78, 5) is 3.52. The molecule has 0 radical (unpaired) electrons. The van der Waals surface area contributed by atoms with Crippen molar-refractivity contribution >= 4 is 0 Å². The number of hydrogen-bond acceptors (Lipinski definition) is 3. The van der Waals surface area contributed by atoms with Crippen molar-refractivity contribution in [3.05, 3.63) is 53.5 Å². The maximum absolute atomic E-state index is 13.4. The van der Waals surface area contributed by atoms with Crippen LogP contribution in [-0.2, 0) is 12.7 Å². The summed E-state index contributed by atoms with van der Waals surface area (Å²) in [6.45, 7) is 0.0463. The number of benzene rings is 1. The molecule has 1 aromatic carbocycles. The van der Waals surface area contributed by atoms with Gasteiger partial charge in [-0.15, -0.1) is 0 Å². The van der Waals surface area contributed by atoms with Gasteiger partial charge in [0.1, 0.15) is 11.6 Å². The first-order valence-electron chi connectivity index (χ1n) is 5.60. The molecule has 3 nitrogen and oxygen atoms in total. The van der Waals surface area contributed by atoms with Crippen LogP contribution >= 0.6 is 0 Å². The van der Waals surface area contributed by atoms with Crippen LogP contribution < -0.4 is 10.5 Å². The number of rotatable bonds is 3. The van der Waals surface area contributed by atoms with Crippen molar-refractivity contribution in [2.24, 2.45) is 5.73 Å². The zero-order chi connectivity index (χ0) is 14.8. The van der Waals surface area contributed by atoms with Gasteiger partial charge < -0.3 is 10.5 Å². The molecule has 20 heavy (non-hydrogen) atoms. The van der Waals surface area contributed by atoms with Crippen molar-refractivity contribution in [2.45, 2.75) is 12.7 Å². The van der Waals surface area contributed by atoms with E-state index < -0.39 is 17.6 Å². The van der Waals surface area contributed by atoms with Gasteiger partial charge in [0.15, 0.2) is 0 Å². The Morgan fingerprint density at radius 2 is 1.90 bits per heavy atom. The Kier molecular flexibility index (Phi) is 3.89. The van der Waals surface area contributed by atoms with Gasteiger partial charge in [-0.25, -0.2) is 9.37 Å². The molecule has 0 bridgehead atoms. The van der Waals surface area contributed by atoms with E-state index >= 15 is 0 Å². The Morgan fingerprint density at radius 3 is 2.40 bits per heavy atom. The van der Waals surface area contributed by atoms with Crippen molar-refractivity contribution in [1.82, 2.24) is 4.98 Å². The topological polar surface area (TPSA) is 48.1 Å². The second-order valence-corrected chi connectivity index (χ2v) is 3.94. The molecule has 0 aliphatic rings. The normalized spacial score (nSPS) is 11.4. The summed E-state index contributed by atoms with van der Waals surface area (Å²) in [6.07, 6.45) is -3.81. The van der Waals surface area contributed by atoms with E-state index in [0.29, 0.717) is 11.8 Å². The number of pyridine rings is 1. The molecule has 0 aliphatic carbocycles. The number of ether oxygens (including phenoxy) is 1. The molecule has 7 heteroatoms. The van der Waals surface area contributed by atoms with Gasteiger partial charge in [-0.3, -0.25) is 0 Å². The summed E-state index contributed by atoms with van der Waals surface area (Å²) >= 11 is 0. The second kappa shape index (κ2) is 5.46. The fourth-order valence-corrected chi connectivity index (χ4v) is 1.49. The number of halogens is 4. The summed E-state index contributed by atoms with van der Waals surface area (Å²) in [5.41, 5.74) is 4.75. The molecule has 0 amide bonds. The summed E-state index contributed by atoms with van der Waals surface area (Å²) in [5, 5.41) is 0. The third kappa shape index (κ3) is 3.24. The molecule has 1 aromatic heterocycles. The summed E-state index contributed by atoms with van der Waals surface area (Å²) < 4.78 is 55.6. The minimum Gasteiger partial charge on any atom is -0.439 e. The molecular formula is C13H10F4N2O. The molecule has 0 saturated carbocycles. The van der Waals surface area contributed by atoms with Crippen LogP contribution in [0.5, 0.6) is 11.6 Å². The van der Waals surface area contributed by atoms with E-state index in [0.717, 1.165) is 18.2 Å². The number of alkyl halides is 3. The molecule has 2 aromatic rings. The average Bonchev–Trinajstić information content (AvgIpc) is 2.38. The molecule has 106 valence electrons. The third-order valence-corrected chi connectivity index (χ3v) is 2.53. The molecule has 0 aliphatic heterocycles. The van der Waals surface area contributed by atoms with Crippen LogP contribution in [-0.4, -0.2) is 4.98 Å². The van der Waals surface area contributed by atoms with Crippen LogP contribution in [0.4, 0.5) is 17.6 Å². The average molecular weight is 286 g/mol.